The summed E-state index contributed by atoms with van der Waals surface area (Å²) in [7, 11) is 0. The number of aromatic amines is 2. The summed E-state index contributed by atoms with van der Waals surface area (Å²) in [5.74, 6) is 0. The minimum absolute atomic E-state index is 0.759. The Morgan fingerprint density at radius 3 is 2.71 bits per heavy atom. The molecule has 0 aliphatic heterocycles. The Morgan fingerprint density at radius 2 is 1.89 bits per heavy atom. The van der Waals surface area contributed by atoms with Gasteiger partial charge in [-0.25, -0.2) is 0 Å². The zero-order chi connectivity index (χ0) is 24.2. The van der Waals surface area contributed by atoms with Crippen LogP contribution in [-0.4, -0.2) is 20.2 Å². The van der Waals surface area contributed by atoms with Crippen LogP contribution in [0, 0.1) is 6.92 Å². The maximum absolute atomic E-state index is 4.59. The van der Waals surface area contributed by atoms with Crippen LogP contribution in [0.3, 0.4) is 0 Å². The molecule has 0 spiro atoms. The summed E-state index contributed by atoms with van der Waals surface area (Å²) in [4.78, 5) is 7.92. The van der Waals surface area contributed by atoms with Gasteiger partial charge in [0.05, 0.1) is 23.1 Å². The summed E-state index contributed by atoms with van der Waals surface area (Å²) >= 11 is 0. The highest BCUT2D eigenvalue weighted by molar-refractivity contribution is 5.95. The maximum atomic E-state index is 4.59. The SMILES string of the molecule is C=C/C=C\c1cc(-c2n[nH]c3ccc(-c4cncc(NC(=C)Cc5ccccc5)c4)cc23)[nH]c1C. The number of fused-ring (bicyclic) bond motifs is 1. The number of anilines is 1. The quantitative estimate of drug-likeness (QED) is 0.214. The topological polar surface area (TPSA) is 69.4 Å². The minimum atomic E-state index is 0.759. The molecule has 3 aromatic heterocycles. The molecule has 0 radical (unpaired) electrons. The van der Waals surface area contributed by atoms with Crippen LogP contribution in [0.2, 0.25) is 0 Å². The normalized spacial score (nSPS) is 11.2. The first kappa shape index (κ1) is 22.2. The first-order valence-corrected chi connectivity index (χ1v) is 11.5. The number of pyridine rings is 1. The number of rotatable bonds is 8. The number of H-pyrrole nitrogens is 2. The Balaban J connectivity index is 1.42. The molecular formula is C30H27N5. The van der Waals surface area contributed by atoms with Crippen LogP contribution >= 0.6 is 0 Å². The van der Waals surface area contributed by atoms with Gasteiger partial charge in [0.1, 0.15) is 5.69 Å². The van der Waals surface area contributed by atoms with E-state index in [9.17, 15) is 0 Å². The average Bonchev–Trinajstić information content (AvgIpc) is 3.46. The van der Waals surface area contributed by atoms with Crippen LogP contribution in [0.1, 0.15) is 16.8 Å². The Bertz CT molecular complexity index is 1540. The van der Waals surface area contributed by atoms with Crippen molar-refractivity contribution < 1.29 is 0 Å². The number of hydrogen-bond acceptors (Lipinski definition) is 3. The lowest BCUT2D eigenvalue weighted by Gasteiger charge is -2.11. The van der Waals surface area contributed by atoms with E-state index in [0.29, 0.717) is 0 Å². The van der Waals surface area contributed by atoms with Crippen molar-refractivity contribution in [1.29, 1.82) is 0 Å². The Kier molecular flexibility index (Phi) is 6.14. The summed E-state index contributed by atoms with van der Waals surface area (Å²) in [6, 6.07) is 20.8. The largest absolute Gasteiger partial charge is 0.358 e. The van der Waals surface area contributed by atoms with Crippen molar-refractivity contribution in [3.8, 4) is 22.5 Å². The van der Waals surface area contributed by atoms with E-state index in [1.165, 1.54) is 5.56 Å². The second-order valence-corrected chi connectivity index (χ2v) is 8.54. The van der Waals surface area contributed by atoms with Gasteiger partial charge < -0.3 is 10.3 Å². The van der Waals surface area contributed by atoms with Gasteiger partial charge in [-0.1, -0.05) is 67.8 Å². The molecule has 0 saturated heterocycles. The molecule has 3 N–H and O–H groups in total. The maximum Gasteiger partial charge on any atom is 0.116 e. The van der Waals surface area contributed by atoms with E-state index < -0.39 is 0 Å². The third-order valence-electron chi connectivity index (χ3n) is 5.94. The molecule has 0 amide bonds. The molecule has 0 aliphatic rings. The molecule has 0 atom stereocenters. The number of aromatic nitrogens is 4. The number of benzene rings is 2. The van der Waals surface area contributed by atoms with Crippen LogP contribution in [-0.2, 0) is 6.42 Å². The highest BCUT2D eigenvalue weighted by atomic mass is 15.1. The van der Waals surface area contributed by atoms with Crippen LogP contribution < -0.4 is 5.32 Å². The van der Waals surface area contributed by atoms with Crippen molar-refractivity contribution >= 4 is 22.7 Å². The van der Waals surface area contributed by atoms with Crippen LogP contribution in [0.4, 0.5) is 5.69 Å². The second-order valence-electron chi connectivity index (χ2n) is 8.54. The fourth-order valence-electron chi connectivity index (χ4n) is 4.20. The van der Waals surface area contributed by atoms with Crippen molar-refractivity contribution in [2.45, 2.75) is 13.3 Å². The van der Waals surface area contributed by atoms with Gasteiger partial charge in [0, 0.05) is 35.0 Å². The van der Waals surface area contributed by atoms with E-state index in [2.05, 4.69) is 88.0 Å². The summed E-state index contributed by atoms with van der Waals surface area (Å²) in [5.41, 5.74) is 10.2. The van der Waals surface area contributed by atoms with Gasteiger partial charge in [-0.15, -0.1) is 0 Å². The number of allylic oxidation sites excluding steroid dienone is 3. The highest BCUT2D eigenvalue weighted by Gasteiger charge is 2.13. The molecule has 35 heavy (non-hydrogen) atoms. The van der Waals surface area contributed by atoms with Gasteiger partial charge in [0.15, 0.2) is 0 Å². The van der Waals surface area contributed by atoms with Gasteiger partial charge in [-0.05, 0) is 47.9 Å². The lowest BCUT2D eigenvalue weighted by molar-refractivity contribution is 1.11. The fraction of sp³-hybridized carbons (Fsp3) is 0.0667. The predicted octanol–water partition coefficient (Wildman–Crippen LogP) is 7.30. The molecule has 0 saturated carbocycles. The van der Waals surface area contributed by atoms with Gasteiger partial charge in [-0.3, -0.25) is 10.1 Å². The summed E-state index contributed by atoms with van der Waals surface area (Å²) in [5, 5.41) is 12.2. The Hall–Kier alpha value is -4.64. The molecule has 0 bridgehead atoms. The number of aryl methyl sites for hydroxylation is 1. The van der Waals surface area contributed by atoms with Gasteiger partial charge in [0.25, 0.3) is 0 Å². The van der Waals surface area contributed by atoms with Crippen molar-refractivity contribution in [3.05, 3.63) is 121 Å². The fourth-order valence-corrected chi connectivity index (χ4v) is 4.20. The zero-order valence-corrected chi connectivity index (χ0v) is 19.7. The summed E-state index contributed by atoms with van der Waals surface area (Å²) in [6.45, 7) is 10.0. The third kappa shape index (κ3) is 4.84. The van der Waals surface area contributed by atoms with Gasteiger partial charge in [-0.2, -0.15) is 5.10 Å². The summed E-state index contributed by atoms with van der Waals surface area (Å²) < 4.78 is 0. The third-order valence-corrected chi connectivity index (χ3v) is 5.94. The van der Waals surface area contributed by atoms with Gasteiger partial charge in [0.2, 0.25) is 0 Å². The molecule has 5 rings (SSSR count). The molecule has 5 aromatic rings. The van der Waals surface area contributed by atoms with E-state index >= 15 is 0 Å². The molecule has 2 aromatic carbocycles. The van der Waals surface area contributed by atoms with E-state index in [4.69, 9.17) is 0 Å². The number of nitrogens with zero attached hydrogens (tertiary/aromatic N) is 2. The van der Waals surface area contributed by atoms with Gasteiger partial charge >= 0.3 is 0 Å². The van der Waals surface area contributed by atoms with Crippen molar-refractivity contribution in [1.82, 2.24) is 20.2 Å². The standard InChI is InChI=1S/C30H27N5/c1-4-5-11-23-17-29(33-21(23)3)30-27-16-24(12-13-28(27)34-35-30)25-15-26(19-31-18-25)32-20(2)14-22-9-7-6-8-10-22/h4-13,15-19,32-33H,1-2,14H2,3H3,(H,34,35)/b11-5-. The molecule has 0 fully saturated rings. The van der Waals surface area contributed by atoms with E-state index in [0.717, 1.165) is 62.5 Å². The van der Waals surface area contributed by atoms with Crippen LogP contribution in [0.25, 0.3) is 39.5 Å². The average molecular weight is 458 g/mol. The van der Waals surface area contributed by atoms with Crippen LogP contribution in [0.15, 0.2) is 104 Å². The molecule has 0 unspecified atom stereocenters. The number of hydrogen-bond donors (Lipinski definition) is 3. The van der Waals surface area contributed by atoms with Crippen molar-refractivity contribution in [3.63, 3.8) is 0 Å². The molecular weight excluding hydrogens is 430 g/mol. The smallest absolute Gasteiger partial charge is 0.116 e. The molecule has 0 aliphatic carbocycles. The van der Waals surface area contributed by atoms with E-state index in [1.807, 2.05) is 42.7 Å². The number of nitrogens with one attached hydrogen (secondary N) is 3. The highest BCUT2D eigenvalue weighted by Crippen LogP contribution is 2.32. The first-order valence-electron chi connectivity index (χ1n) is 11.5. The van der Waals surface area contributed by atoms with Crippen molar-refractivity contribution in [2.24, 2.45) is 0 Å². The molecule has 5 heteroatoms. The van der Waals surface area contributed by atoms with Crippen molar-refractivity contribution in [2.75, 3.05) is 5.32 Å². The molecule has 3 heterocycles. The lowest BCUT2D eigenvalue weighted by atomic mass is 10.0. The molecule has 5 nitrogen and oxygen atoms in total. The van der Waals surface area contributed by atoms with Crippen LogP contribution in [0.5, 0.6) is 0 Å². The zero-order valence-electron chi connectivity index (χ0n) is 19.7. The monoisotopic (exact) mass is 457 g/mol. The minimum Gasteiger partial charge on any atom is -0.358 e. The Morgan fingerprint density at radius 1 is 1.03 bits per heavy atom. The lowest BCUT2D eigenvalue weighted by Crippen LogP contribution is -2.02. The Labute approximate surface area is 205 Å². The summed E-state index contributed by atoms with van der Waals surface area (Å²) in [6.07, 6.45) is 10.2. The van der Waals surface area contributed by atoms with E-state index in [-0.39, 0.29) is 0 Å². The van der Waals surface area contributed by atoms with E-state index in [1.54, 1.807) is 6.08 Å². The predicted molar refractivity (Wildman–Crippen MR) is 146 cm³/mol. The molecule has 172 valence electrons. The first-order chi connectivity index (χ1) is 17.1. The second kappa shape index (κ2) is 9.69.